The number of hydrogen-bond acceptors (Lipinski definition) is 0. The van der Waals surface area contributed by atoms with Crippen molar-refractivity contribution < 1.29 is 17.4 Å². The second-order valence-corrected chi connectivity index (χ2v) is 56.6. The Kier molecular flexibility index (Phi) is 11.7. The van der Waals surface area contributed by atoms with Crippen molar-refractivity contribution >= 4 is 105 Å². The van der Waals surface area contributed by atoms with Gasteiger partial charge in [-0.1, -0.05) is 0 Å². The Morgan fingerprint density at radius 2 is 0.488 bits per heavy atom. The molecule has 2 aliphatic carbocycles. The van der Waals surface area contributed by atoms with E-state index < -0.39 is 17.4 Å². The molecule has 0 bridgehead atoms. The van der Waals surface area contributed by atoms with Gasteiger partial charge in [0.15, 0.2) is 0 Å². The summed E-state index contributed by atoms with van der Waals surface area (Å²) in [4.78, 5) is 0. The van der Waals surface area contributed by atoms with Crippen LogP contribution in [0.2, 0.25) is 9.26 Å². The van der Waals surface area contributed by atoms with Gasteiger partial charge in [-0.25, -0.2) is 0 Å². The molecule has 0 radical (unpaired) electrons. The molecule has 0 aliphatic heterocycles. The summed E-state index contributed by atoms with van der Waals surface area (Å²) in [6.07, 6.45) is 5.49. The Labute approximate surface area is 495 Å². The van der Waals surface area contributed by atoms with Gasteiger partial charge in [-0.3, -0.25) is 0 Å². The average Bonchev–Trinajstić information content (AvgIpc) is 1.49. The molecule has 2 unspecified atom stereocenters. The van der Waals surface area contributed by atoms with E-state index >= 15 is 0 Å². The molecule has 0 spiro atoms. The fourth-order valence-corrected chi connectivity index (χ4v) is 36.0. The van der Waals surface area contributed by atoms with E-state index in [0.717, 1.165) is 0 Å². The molecule has 0 saturated heterocycles. The molecule has 14 aromatic carbocycles. The van der Waals surface area contributed by atoms with Gasteiger partial charge in [-0.05, 0) is 0 Å². The first-order chi connectivity index (χ1) is 40.9. The van der Waals surface area contributed by atoms with E-state index in [1.807, 2.05) is 0 Å². The first kappa shape index (κ1) is 51.4. The molecule has 0 amide bonds. The van der Waals surface area contributed by atoms with E-state index in [2.05, 4.69) is 299 Å². The third-order valence-corrected chi connectivity index (χ3v) is 37.0. The SMILES string of the molecule is CC(C)C1=Cc2c(-c3c4ccccc4cc4ccccc34)ccc(-c3c4ccccc4cc4ccccc34)c2[CH]1[Zr]([CH3])([CH3])(=[SiH2])[CH]1C(C(C)C)=Cc2c(-c3c4ccccc4cc4ccccc34)ccc(-c3c4ccccc4cc4ccccc34)c21. The van der Waals surface area contributed by atoms with Crippen LogP contribution in [-0.4, -0.2) is 6.88 Å². The molecule has 84 heavy (non-hydrogen) atoms. The van der Waals surface area contributed by atoms with Crippen LogP contribution < -0.4 is 0 Å². The Hall–Kier alpha value is -8.26. The molecule has 402 valence electrons. The van der Waals surface area contributed by atoms with Crippen molar-refractivity contribution in [1.82, 2.24) is 0 Å². The fourth-order valence-electron chi connectivity index (χ4n) is 16.3. The summed E-state index contributed by atoms with van der Waals surface area (Å²) in [5, 5.41) is 20.7. The van der Waals surface area contributed by atoms with Crippen LogP contribution in [0.4, 0.5) is 0 Å². The van der Waals surface area contributed by atoms with Crippen LogP contribution in [0, 0.1) is 11.8 Å². The maximum absolute atomic E-state index is 4.76. The molecule has 2 aliphatic rings. The molecule has 2 atom stereocenters. The maximum atomic E-state index is 2.90. The summed E-state index contributed by atoms with van der Waals surface area (Å²) >= 11 is -4.76. The Balaban J connectivity index is 1.06. The van der Waals surface area contributed by atoms with E-state index in [1.54, 1.807) is 11.1 Å². The third-order valence-electron chi connectivity index (χ3n) is 19.8. The van der Waals surface area contributed by atoms with Gasteiger partial charge >= 0.3 is 499 Å². The summed E-state index contributed by atoms with van der Waals surface area (Å²) < 4.78 is 6.18. The number of allylic oxidation sites excluding steroid dienone is 2. The van der Waals surface area contributed by atoms with Crippen LogP contribution in [0.25, 0.3) is 143 Å². The molecule has 0 fully saturated rings. The van der Waals surface area contributed by atoms with E-state index in [1.165, 1.54) is 153 Å². The summed E-state index contributed by atoms with van der Waals surface area (Å²) in [5.41, 5.74) is 19.8. The summed E-state index contributed by atoms with van der Waals surface area (Å²) in [7, 11) is 0. The topological polar surface area (TPSA) is 0 Å². The van der Waals surface area contributed by atoms with Gasteiger partial charge in [0.25, 0.3) is 0 Å². The van der Waals surface area contributed by atoms with E-state index in [-0.39, 0.29) is 19.1 Å². The van der Waals surface area contributed by atoms with Crippen molar-refractivity contribution in [2.45, 2.75) is 44.2 Å². The molecule has 0 N–H and O–H groups in total. The molecule has 0 nitrogen and oxygen atoms in total. The number of fused-ring (bicyclic) bond motifs is 10. The standard InChI is InChI=1S/2C40H29.2CH3.H2Si.Zr/c2*1-25(2)30-23-37-35(39-31-15-7-3-11-26(31)21-27-12-4-8-16-32(27)39)19-20-36(38(37)24-30)40-33-17-9-5-13-28(33)22-29-14-6-10-18-34(29)40;;;;/h2*3-25H,1-2H3;2*1H3;1H2;. The van der Waals surface area contributed by atoms with Crippen molar-refractivity contribution in [2.24, 2.45) is 11.8 Å². The van der Waals surface area contributed by atoms with Crippen LogP contribution in [0.5, 0.6) is 0 Å². The number of benzene rings is 14. The van der Waals surface area contributed by atoms with Crippen molar-refractivity contribution in [1.29, 1.82) is 0 Å². The Morgan fingerprint density at radius 3 is 0.714 bits per heavy atom. The van der Waals surface area contributed by atoms with Gasteiger partial charge in [-0.15, -0.1) is 0 Å². The van der Waals surface area contributed by atoms with Gasteiger partial charge in [-0.2, -0.15) is 0 Å². The monoisotopic (exact) mass is 1170 g/mol. The first-order valence-corrected chi connectivity index (χ1v) is 44.1. The van der Waals surface area contributed by atoms with Crippen molar-refractivity contribution in [3.63, 3.8) is 0 Å². The summed E-state index contributed by atoms with van der Waals surface area (Å²) in [6.45, 7) is 12.5. The zero-order valence-electron chi connectivity index (χ0n) is 48.8. The van der Waals surface area contributed by atoms with E-state index in [9.17, 15) is 0 Å². The Bertz CT molecular complexity index is 4770. The normalized spacial score (nSPS) is 15.4. The molecule has 0 aromatic heterocycles. The van der Waals surface area contributed by atoms with E-state index in [4.69, 9.17) is 0 Å². The molecule has 0 heterocycles. The molecule has 14 aromatic rings. The Morgan fingerprint density at radius 1 is 0.286 bits per heavy atom. The quantitative estimate of drug-likeness (QED) is 0.105. The summed E-state index contributed by atoms with van der Waals surface area (Å²) in [5.74, 6) is 0.577. The molecular weight excluding hydrogens is 1100 g/mol. The van der Waals surface area contributed by atoms with Gasteiger partial charge < -0.3 is 0 Å². The number of rotatable bonds is 8. The predicted molar refractivity (Wildman–Crippen MR) is 366 cm³/mol. The van der Waals surface area contributed by atoms with Gasteiger partial charge in [0, 0.05) is 0 Å². The second-order valence-electron chi connectivity index (χ2n) is 26.2. The second kappa shape index (κ2) is 19.1. The first-order valence-electron chi connectivity index (χ1n) is 30.4. The van der Waals surface area contributed by atoms with Crippen LogP contribution in [-0.2, 0) is 17.4 Å². The van der Waals surface area contributed by atoms with Crippen LogP contribution in [0.3, 0.4) is 0 Å². The third kappa shape index (κ3) is 7.66. The fraction of sp³-hybridized carbons (Fsp3) is 0.122. The van der Waals surface area contributed by atoms with Crippen LogP contribution in [0.1, 0.15) is 57.2 Å². The van der Waals surface area contributed by atoms with Crippen LogP contribution >= 0.6 is 0 Å². The van der Waals surface area contributed by atoms with Gasteiger partial charge in [0.05, 0.1) is 0 Å². The predicted octanol–water partition coefficient (Wildman–Crippen LogP) is 22.8. The van der Waals surface area contributed by atoms with E-state index in [0.29, 0.717) is 0 Å². The number of hydrogen-bond donors (Lipinski definition) is 0. The molecular formula is C82H66SiZr. The van der Waals surface area contributed by atoms with Crippen molar-refractivity contribution in [3.8, 4) is 44.5 Å². The minimum atomic E-state index is -4.76. The van der Waals surface area contributed by atoms with Crippen molar-refractivity contribution in [2.75, 3.05) is 0 Å². The van der Waals surface area contributed by atoms with Crippen LogP contribution in [0.15, 0.2) is 254 Å². The van der Waals surface area contributed by atoms with Crippen molar-refractivity contribution in [3.05, 3.63) is 276 Å². The zero-order valence-corrected chi connectivity index (χ0v) is 52.6. The van der Waals surface area contributed by atoms with Gasteiger partial charge in [0.1, 0.15) is 0 Å². The molecule has 0 saturated carbocycles. The van der Waals surface area contributed by atoms with Gasteiger partial charge in [0.2, 0.25) is 0 Å². The minimum absolute atomic E-state index is 0.186. The zero-order chi connectivity index (χ0) is 56.8. The summed E-state index contributed by atoms with van der Waals surface area (Å²) in [6, 6.07) is 93.0. The molecule has 2 heteroatoms. The molecule has 16 rings (SSSR count). The average molecular weight is 1170 g/mol.